The van der Waals surface area contributed by atoms with E-state index in [1.54, 1.807) is 31.4 Å². The molecular formula is C17H14F2N2O. The summed E-state index contributed by atoms with van der Waals surface area (Å²) in [4.78, 5) is 0. The predicted octanol–water partition coefficient (Wildman–Crippen LogP) is 4.49. The van der Waals surface area contributed by atoms with Gasteiger partial charge in [-0.25, -0.2) is 13.5 Å². The molecule has 112 valence electrons. The minimum absolute atomic E-state index is 0.0889. The van der Waals surface area contributed by atoms with Gasteiger partial charge >= 0.3 is 0 Å². The molecule has 0 N–H and O–H groups in total. The van der Waals surface area contributed by atoms with Crippen LogP contribution in [0.25, 0.3) is 16.9 Å². The summed E-state index contributed by atoms with van der Waals surface area (Å²) in [5, 5.41) is 4.32. The number of benzene rings is 2. The predicted molar refractivity (Wildman–Crippen MR) is 80.5 cm³/mol. The average molecular weight is 300 g/mol. The summed E-state index contributed by atoms with van der Waals surface area (Å²) in [7, 11) is 1.56. The van der Waals surface area contributed by atoms with Crippen molar-refractivity contribution >= 4 is 0 Å². The van der Waals surface area contributed by atoms with Gasteiger partial charge in [0.2, 0.25) is 0 Å². The van der Waals surface area contributed by atoms with Crippen molar-refractivity contribution in [1.82, 2.24) is 9.78 Å². The van der Waals surface area contributed by atoms with Crippen molar-refractivity contribution < 1.29 is 13.5 Å². The number of methoxy groups -OCH3 is 1. The van der Waals surface area contributed by atoms with Gasteiger partial charge in [-0.15, -0.1) is 0 Å². The maximum Gasteiger partial charge on any atom is 0.267 e. The molecule has 22 heavy (non-hydrogen) atoms. The first kappa shape index (κ1) is 14.3. The van der Waals surface area contributed by atoms with Crippen LogP contribution in [0, 0.1) is 0 Å². The molecule has 1 heterocycles. The quantitative estimate of drug-likeness (QED) is 0.710. The lowest BCUT2D eigenvalue weighted by atomic mass is 10.1. The molecule has 0 unspecified atom stereocenters. The zero-order valence-electron chi connectivity index (χ0n) is 11.9. The summed E-state index contributed by atoms with van der Waals surface area (Å²) < 4.78 is 33.2. The van der Waals surface area contributed by atoms with E-state index in [0.29, 0.717) is 11.3 Å². The summed E-state index contributed by atoms with van der Waals surface area (Å²) in [5.41, 5.74) is 1.56. The summed E-state index contributed by atoms with van der Waals surface area (Å²) >= 11 is 0. The second-order valence-electron chi connectivity index (χ2n) is 4.74. The van der Waals surface area contributed by atoms with E-state index < -0.39 is 6.43 Å². The number of hydrogen-bond donors (Lipinski definition) is 0. The molecule has 0 fully saturated rings. The van der Waals surface area contributed by atoms with Crippen molar-refractivity contribution in [3.8, 4) is 22.7 Å². The van der Waals surface area contributed by atoms with Crippen molar-refractivity contribution in [2.45, 2.75) is 6.43 Å². The third-order valence-corrected chi connectivity index (χ3v) is 3.36. The largest absolute Gasteiger partial charge is 0.497 e. The third-order valence-electron chi connectivity index (χ3n) is 3.36. The second-order valence-corrected chi connectivity index (χ2v) is 4.74. The molecule has 0 atom stereocenters. The Hall–Kier alpha value is -2.69. The molecular weight excluding hydrogens is 286 g/mol. The molecule has 5 heteroatoms. The fraction of sp³-hybridized carbons (Fsp3) is 0.118. The highest BCUT2D eigenvalue weighted by molar-refractivity contribution is 5.64. The Morgan fingerprint density at radius 3 is 2.27 bits per heavy atom. The topological polar surface area (TPSA) is 27.1 Å². The first-order valence-electron chi connectivity index (χ1n) is 6.76. The van der Waals surface area contributed by atoms with Crippen LogP contribution >= 0.6 is 0 Å². The normalized spacial score (nSPS) is 10.9. The van der Waals surface area contributed by atoms with Gasteiger partial charge in [-0.2, -0.15) is 5.10 Å². The van der Waals surface area contributed by atoms with Gasteiger partial charge in [0.25, 0.3) is 6.43 Å². The molecule has 0 spiro atoms. The maximum atomic E-state index is 13.3. The van der Waals surface area contributed by atoms with Gasteiger partial charge in [0.05, 0.1) is 18.4 Å². The molecule has 2 aromatic carbocycles. The van der Waals surface area contributed by atoms with Gasteiger partial charge in [-0.1, -0.05) is 18.2 Å². The van der Waals surface area contributed by atoms with Gasteiger partial charge in [-0.05, 0) is 36.4 Å². The van der Waals surface area contributed by atoms with Gasteiger partial charge in [-0.3, -0.25) is 0 Å². The van der Waals surface area contributed by atoms with Crippen molar-refractivity contribution in [3.05, 3.63) is 66.4 Å². The monoisotopic (exact) mass is 300 g/mol. The van der Waals surface area contributed by atoms with Crippen LogP contribution in [0.2, 0.25) is 0 Å². The minimum atomic E-state index is -2.59. The lowest BCUT2D eigenvalue weighted by Gasteiger charge is -2.03. The fourth-order valence-electron chi connectivity index (χ4n) is 2.23. The number of hydrogen-bond acceptors (Lipinski definition) is 2. The van der Waals surface area contributed by atoms with Crippen LogP contribution in [0.3, 0.4) is 0 Å². The third kappa shape index (κ3) is 2.70. The molecule has 0 aliphatic heterocycles. The van der Waals surface area contributed by atoms with E-state index in [0.717, 1.165) is 5.69 Å². The van der Waals surface area contributed by atoms with E-state index in [1.807, 2.05) is 30.3 Å². The number of alkyl halides is 2. The number of nitrogens with zero attached hydrogens (tertiary/aromatic N) is 2. The number of aromatic nitrogens is 2. The van der Waals surface area contributed by atoms with Crippen LogP contribution in [0.5, 0.6) is 5.75 Å². The van der Waals surface area contributed by atoms with Crippen LogP contribution < -0.4 is 4.74 Å². The summed E-state index contributed by atoms with van der Waals surface area (Å²) in [6, 6.07) is 16.1. The lowest BCUT2D eigenvalue weighted by Crippen LogP contribution is -1.94. The number of halogens is 2. The van der Waals surface area contributed by atoms with Gasteiger partial charge in [0, 0.05) is 11.8 Å². The van der Waals surface area contributed by atoms with E-state index in [9.17, 15) is 8.78 Å². The van der Waals surface area contributed by atoms with Gasteiger partial charge in [0.15, 0.2) is 0 Å². The van der Waals surface area contributed by atoms with Crippen LogP contribution in [-0.2, 0) is 0 Å². The Kier molecular flexibility index (Phi) is 3.87. The highest BCUT2D eigenvalue weighted by Gasteiger charge is 2.19. The van der Waals surface area contributed by atoms with Crippen molar-refractivity contribution in [2.24, 2.45) is 0 Å². The number of rotatable bonds is 4. The fourth-order valence-corrected chi connectivity index (χ4v) is 2.23. The molecule has 0 saturated carbocycles. The molecule has 0 radical (unpaired) electrons. The zero-order valence-corrected chi connectivity index (χ0v) is 11.9. The van der Waals surface area contributed by atoms with Crippen LogP contribution in [0.4, 0.5) is 8.78 Å². The number of para-hydroxylation sites is 1. The molecule has 0 aliphatic carbocycles. The average Bonchev–Trinajstić information content (AvgIpc) is 3.01. The minimum Gasteiger partial charge on any atom is -0.497 e. The Balaban J connectivity index is 2.07. The molecule has 0 bridgehead atoms. The van der Waals surface area contributed by atoms with Crippen LogP contribution in [0.1, 0.15) is 12.0 Å². The van der Waals surface area contributed by atoms with Gasteiger partial charge in [0.1, 0.15) is 11.4 Å². The maximum absolute atomic E-state index is 13.3. The summed E-state index contributed by atoms with van der Waals surface area (Å²) in [5.74, 6) is 0.671. The Morgan fingerprint density at radius 1 is 1.00 bits per heavy atom. The van der Waals surface area contributed by atoms with E-state index >= 15 is 0 Å². The number of ether oxygens (including phenoxy) is 1. The van der Waals surface area contributed by atoms with Crippen molar-refractivity contribution in [3.63, 3.8) is 0 Å². The van der Waals surface area contributed by atoms with Crippen LogP contribution in [-0.4, -0.2) is 16.9 Å². The lowest BCUT2D eigenvalue weighted by molar-refractivity contribution is 0.152. The molecule has 3 aromatic rings. The smallest absolute Gasteiger partial charge is 0.267 e. The van der Waals surface area contributed by atoms with Crippen molar-refractivity contribution in [1.29, 1.82) is 0 Å². The SMILES string of the molecule is COc1ccc(-c2nn(-c3ccccc3)cc2C(F)F)cc1. The van der Waals surface area contributed by atoms with Crippen molar-refractivity contribution in [2.75, 3.05) is 7.11 Å². The second kappa shape index (κ2) is 5.97. The molecule has 0 aliphatic rings. The molecule has 1 aromatic heterocycles. The van der Waals surface area contributed by atoms with Crippen LogP contribution in [0.15, 0.2) is 60.8 Å². The van der Waals surface area contributed by atoms with E-state index in [1.165, 1.54) is 10.9 Å². The molecule has 3 rings (SSSR count). The standard InChI is InChI=1S/C17H14F2N2O/c1-22-14-9-7-12(8-10-14)16-15(17(18)19)11-21(20-16)13-5-3-2-4-6-13/h2-11,17H,1H3. The Labute approximate surface area is 126 Å². The van der Waals surface area contributed by atoms with E-state index in [-0.39, 0.29) is 11.3 Å². The Bertz CT molecular complexity index is 752. The highest BCUT2D eigenvalue weighted by Crippen LogP contribution is 2.31. The first-order valence-corrected chi connectivity index (χ1v) is 6.76. The van der Waals surface area contributed by atoms with E-state index in [4.69, 9.17) is 4.74 Å². The molecule has 0 saturated heterocycles. The highest BCUT2D eigenvalue weighted by atomic mass is 19.3. The van der Waals surface area contributed by atoms with E-state index in [2.05, 4.69) is 5.10 Å². The summed E-state index contributed by atoms with van der Waals surface area (Å²) in [6.45, 7) is 0. The first-order chi connectivity index (χ1) is 10.7. The molecule has 3 nitrogen and oxygen atoms in total. The Morgan fingerprint density at radius 2 is 1.68 bits per heavy atom. The zero-order chi connectivity index (χ0) is 15.5. The van der Waals surface area contributed by atoms with Gasteiger partial charge < -0.3 is 4.74 Å². The summed E-state index contributed by atoms with van der Waals surface area (Å²) in [6.07, 6.45) is -1.21. The molecule has 0 amide bonds.